The smallest absolute Gasteiger partial charge is 0.374 e. The van der Waals surface area contributed by atoms with E-state index < -0.39 is 8.80 Å². The molecule has 0 amide bonds. The summed E-state index contributed by atoms with van der Waals surface area (Å²) in [6, 6.07) is 0.951. The molecule has 0 spiro atoms. The summed E-state index contributed by atoms with van der Waals surface area (Å²) in [6.07, 6.45) is 5.14. The van der Waals surface area contributed by atoms with Gasteiger partial charge in [0.1, 0.15) is 0 Å². The molecular formula is C14H32O3Si. The minimum absolute atomic E-state index is 0.618. The Morgan fingerprint density at radius 3 is 1.72 bits per heavy atom. The largest absolute Gasteiger partial charge is 0.501 e. The molecule has 0 fully saturated rings. The first-order valence-electron chi connectivity index (χ1n) is 7.55. The molecule has 110 valence electrons. The van der Waals surface area contributed by atoms with Crippen LogP contribution in [0.15, 0.2) is 0 Å². The van der Waals surface area contributed by atoms with Gasteiger partial charge in [0.15, 0.2) is 0 Å². The molecule has 0 aliphatic carbocycles. The molecule has 0 radical (unpaired) electrons. The van der Waals surface area contributed by atoms with Crippen molar-refractivity contribution in [2.45, 2.75) is 66.3 Å². The Balaban J connectivity index is 4.34. The van der Waals surface area contributed by atoms with Crippen LogP contribution in [0.4, 0.5) is 0 Å². The molecule has 4 heteroatoms. The lowest BCUT2D eigenvalue weighted by Crippen LogP contribution is -2.47. The van der Waals surface area contributed by atoms with E-state index in [1.54, 1.807) is 0 Å². The van der Waals surface area contributed by atoms with Gasteiger partial charge in [0.05, 0.1) is 0 Å². The molecule has 18 heavy (non-hydrogen) atoms. The summed E-state index contributed by atoms with van der Waals surface area (Å²) >= 11 is 0. The average Bonchev–Trinajstić information content (AvgIpc) is 2.30. The standard InChI is InChI=1S/C14H32O3Si/c1-6-10-11-12-14(5)13-18(15-7-2,16-8-3)17-9-4/h14H,6-13H2,1-5H3. The van der Waals surface area contributed by atoms with Crippen LogP contribution in [0, 0.1) is 5.92 Å². The van der Waals surface area contributed by atoms with E-state index in [1.165, 1.54) is 25.7 Å². The highest BCUT2D eigenvalue weighted by atomic mass is 28.4. The average molecular weight is 276 g/mol. The summed E-state index contributed by atoms with van der Waals surface area (Å²) in [7, 11) is -2.42. The fraction of sp³-hybridized carbons (Fsp3) is 1.00. The van der Waals surface area contributed by atoms with E-state index >= 15 is 0 Å². The van der Waals surface area contributed by atoms with Gasteiger partial charge in [-0.3, -0.25) is 0 Å². The SMILES string of the molecule is CCCCCC(C)C[Si](OCC)(OCC)OCC. The Morgan fingerprint density at radius 2 is 1.33 bits per heavy atom. The van der Waals surface area contributed by atoms with Gasteiger partial charge in [0.25, 0.3) is 0 Å². The van der Waals surface area contributed by atoms with Crippen LogP contribution in [0.3, 0.4) is 0 Å². The molecule has 1 atom stereocenters. The van der Waals surface area contributed by atoms with Crippen LogP contribution in [0.5, 0.6) is 0 Å². The van der Waals surface area contributed by atoms with Crippen molar-refractivity contribution in [2.24, 2.45) is 5.92 Å². The molecule has 0 saturated carbocycles. The van der Waals surface area contributed by atoms with E-state index in [4.69, 9.17) is 13.3 Å². The topological polar surface area (TPSA) is 27.7 Å². The predicted molar refractivity (Wildman–Crippen MR) is 78.7 cm³/mol. The molecular weight excluding hydrogens is 244 g/mol. The van der Waals surface area contributed by atoms with Gasteiger partial charge in [-0.15, -0.1) is 0 Å². The molecule has 0 heterocycles. The second-order valence-electron chi connectivity index (χ2n) is 4.79. The van der Waals surface area contributed by atoms with E-state index in [0.29, 0.717) is 25.7 Å². The van der Waals surface area contributed by atoms with Gasteiger partial charge < -0.3 is 13.3 Å². The minimum atomic E-state index is -2.42. The maximum absolute atomic E-state index is 5.88. The lowest BCUT2D eigenvalue weighted by atomic mass is 10.1. The summed E-state index contributed by atoms with van der Waals surface area (Å²) in [5.41, 5.74) is 0. The highest BCUT2D eigenvalue weighted by Gasteiger charge is 2.41. The van der Waals surface area contributed by atoms with Crippen molar-refractivity contribution in [3.63, 3.8) is 0 Å². The Bertz CT molecular complexity index is 171. The first kappa shape index (κ1) is 18.1. The van der Waals surface area contributed by atoms with E-state index in [0.717, 1.165) is 6.04 Å². The molecule has 3 nitrogen and oxygen atoms in total. The van der Waals surface area contributed by atoms with Gasteiger partial charge in [-0.05, 0) is 26.7 Å². The number of hydrogen-bond donors (Lipinski definition) is 0. The van der Waals surface area contributed by atoms with E-state index in [1.807, 2.05) is 20.8 Å². The van der Waals surface area contributed by atoms with Crippen LogP contribution in [0.2, 0.25) is 6.04 Å². The Hall–Kier alpha value is 0.0969. The van der Waals surface area contributed by atoms with Crippen molar-refractivity contribution >= 4 is 8.80 Å². The molecule has 1 unspecified atom stereocenters. The zero-order valence-electron chi connectivity index (χ0n) is 13.0. The summed E-state index contributed by atoms with van der Waals surface area (Å²) in [5, 5.41) is 0. The molecule has 0 aromatic heterocycles. The molecule has 0 saturated heterocycles. The molecule has 0 N–H and O–H groups in total. The zero-order chi connectivity index (χ0) is 13.9. The normalized spacial score (nSPS) is 13.8. The lowest BCUT2D eigenvalue weighted by Gasteiger charge is -2.30. The summed E-state index contributed by atoms with van der Waals surface area (Å²) in [5.74, 6) is 0.618. The van der Waals surface area contributed by atoms with Crippen LogP contribution >= 0.6 is 0 Å². The van der Waals surface area contributed by atoms with Gasteiger partial charge in [0, 0.05) is 25.9 Å². The summed E-state index contributed by atoms with van der Waals surface area (Å²) in [4.78, 5) is 0. The van der Waals surface area contributed by atoms with Gasteiger partial charge >= 0.3 is 8.80 Å². The highest BCUT2D eigenvalue weighted by Crippen LogP contribution is 2.25. The molecule has 0 rings (SSSR count). The van der Waals surface area contributed by atoms with Crippen LogP contribution in [0.25, 0.3) is 0 Å². The van der Waals surface area contributed by atoms with Gasteiger partial charge in [-0.1, -0.05) is 39.5 Å². The lowest BCUT2D eigenvalue weighted by molar-refractivity contribution is 0.0672. The van der Waals surface area contributed by atoms with Gasteiger partial charge in [0.2, 0.25) is 0 Å². The van der Waals surface area contributed by atoms with Crippen molar-refractivity contribution in [1.82, 2.24) is 0 Å². The number of rotatable bonds is 12. The molecule has 0 aromatic carbocycles. The molecule has 0 aliphatic rings. The molecule has 0 bridgehead atoms. The Kier molecular flexibility index (Phi) is 11.0. The second kappa shape index (κ2) is 11.0. The summed E-state index contributed by atoms with van der Waals surface area (Å²) < 4.78 is 17.6. The van der Waals surface area contributed by atoms with Crippen LogP contribution in [-0.4, -0.2) is 28.6 Å². The van der Waals surface area contributed by atoms with Crippen LogP contribution < -0.4 is 0 Å². The van der Waals surface area contributed by atoms with Crippen molar-refractivity contribution in [3.8, 4) is 0 Å². The third kappa shape index (κ3) is 7.51. The van der Waals surface area contributed by atoms with Gasteiger partial charge in [-0.25, -0.2) is 0 Å². The first-order valence-corrected chi connectivity index (χ1v) is 9.49. The van der Waals surface area contributed by atoms with Crippen LogP contribution in [0.1, 0.15) is 60.3 Å². The number of hydrogen-bond acceptors (Lipinski definition) is 3. The minimum Gasteiger partial charge on any atom is -0.374 e. The monoisotopic (exact) mass is 276 g/mol. The maximum atomic E-state index is 5.88. The Labute approximate surface area is 115 Å². The third-order valence-corrected chi connectivity index (χ3v) is 6.37. The van der Waals surface area contributed by atoms with E-state index in [-0.39, 0.29) is 0 Å². The van der Waals surface area contributed by atoms with E-state index in [2.05, 4.69) is 13.8 Å². The Morgan fingerprint density at radius 1 is 0.833 bits per heavy atom. The zero-order valence-corrected chi connectivity index (χ0v) is 14.0. The van der Waals surface area contributed by atoms with Crippen molar-refractivity contribution in [2.75, 3.05) is 19.8 Å². The van der Waals surface area contributed by atoms with Crippen molar-refractivity contribution in [1.29, 1.82) is 0 Å². The predicted octanol–water partition coefficient (Wildman–Crippen LogP) is 4.25. The van der Waals surface area contributed by atoms with Gasteiger partial charge in [-0.2, -0.15) is 0 Å². The highest BCUT2D eigenvalue weighted by molar-refractivity contribution is 6.60. The fourth-order valence-corrected chi connectivity index (χ4v) is 5.21. The van der Waals surface area contributed by atoms with Crippen LogP contribution in [-0.2, 0) is 13.3 Å². The first-order chi connectivity index (χ1) is 8.64. The number of unbranched alkanes of at least 4 members (excludes halogenated alkanes) is 2. The summed E-state index contributed by atoms with van der Waals surface area (Å²) in [6.45, 7) is 12.6. The second-order valence-corrected chi connectivity index (χ2v) is 7.43. The molecule has 0 aromatic rings. The van der Waals surface area contributed by atoms with Crippen molar-refractivity contribution < 1.29 is 13.3 Å². The fourth-order valence-electron chi connectivity index (χ4n) is 2.23. The van der Waals surface area contributed by atoms with E-state index in [9.17, 15) is 0 Å². The quantitative estimate of drug-likeness (QED) is 0.394. The third-order valence-electron chi connectivity index (χ3n) is 2.99. The molecule has 0 aliphatic heterocycles. The maximum Gasteiger partial charge on any atom is 0.501 e. The van der Waals surface area contributed by atoms with Crippen molar-refractivity contribution in [3.05, 3.63) is 0 Å².